The number of carbonyl (C=O) groups is 1. The second kappa shape index (κ2) is 29.8. The number of hydrogen-bond acceptors (Lipinski definition) is 6. The van der Waals surface area contributed by atoms with Crippen LogP contribution in [0.2, 0.25) is 6.04 Å². The van der Waals surface area contributed by atoms with Crippen molar-refractivity contribution in [3.05, 3.63) is 0 Å². The molecule has 2 atom stereocenters. The van der Waals surface area contributed by atoms with E-state index in [9.17, 15) is 9.59 Å². The number of unbranched alkanes of at least 4 members (excludes halogenated alkanes) is 21. The van der Waals surface area contributed by atoms with Gasteiger partial charge in [0.05, 0.1) is 0 Å². The minimum atomic E-state index is -3.18. The van der Waals surface area contributed by atoms with Crippen molar-refractivity contribution in [2.75, 3.05) is 18.9 Å². The van der Waals surface area contributed by atoms with E-state index in [2.05, 4.69) is 19.3 Å². The van der Waals surface area contributed by atoms with Crippen LogP contribution in [0.4, 0.5) is 0 Å². The Morgan fingerprint density at radius 1 is 0.714 bits per heavy atom. The van der Waals surface area contributed by atoms with Crippen LogP contribution < -0.4 is 5.48 Å². The maximum atomic E-state index is 12.3. The first-order valence-corrected chi connectivity index (χ1v) is 21.5. The SMILES string of the molecule is CCCCCCCCCCCCCCCC(=O)SCCC[Si]1(O)OCCC(CCCCCCCCCCCC)CNO1. The van der Waals surface area contributed by atoms with E-state index in [0.717, 1.165) is 31.6 Å². The van der Waals surface area contributed by atoms with Crippen LogP contribution in [0, 0.1) is 5.92 Å². The fourth-order valence-electron chi connectivity index (χ4n) is 5.92. The molecule has 1 fully saturated rings. The molecular weight excluding hydrogens is 559 g/mol. The quantitative estimate of drug-likeness (QED) is 0.0634. The predicted octanol–water partition coefficient (Wildman–Crippen LogP) is 10.9. The second-order valence-corrected chi connectivity index (χ2v) is 16.5. The number of rotatable bonds is 29. The van der Waals surface area contributed by atoms with Gasteiger partial charge in [0.15, 0.2) is 5.12 Å². The highest BCUT2D eigenvalue weighted by Gasteiger charge is 2.38. The Bertz CT molecular complexity index is 587. The van der Waals surface area contributed by atoms with Crippen molar-refractivity contribution < 1.29 is 18.5 Å². The normalized spacial score (nSPS) is 19.5. The number of nitrogens with one attached hydrogen (secondary N) is 1. The number of carbonyl (C=O) groups excluding carboxylic acids is 1. The van der Waals surface area contributed by atoms with Crippen molar-refractivity contribution in [2.45, 2.75) is 193 Å². The van der Waals surface area contributed by atoms with E-state index in [0.29, 0.717) is 30.1 Å². The van der Waals surface area contributed by atoms with Gasteiger partial charge in [-0.15, -0.1) is 0 Å². The fourth-order valence-corrected chi connectivity index (χ4v) is 8.66. The van der Waals surface area contributed by atoms with Crippen LogP contribution in [0.25, 0.3) is 0 Å². The van der Waals surface area contributed by atoms with Crippen LogP contribution >= 0.6 is 11.8 Å². The highest BCUT2D eigenvalue weighted by Crippen LogP contribution is 2.22. The third kappa shape index (κ3) is 25.4. The van der Waals surface area contributed by atoms with Gasteiger partial charge in [-0.1, -0.05) is 167 Å². The Labute approximate surface area is 267 Å². The summed E-state index contributed by atoms with van der Waals surface area (Å²) >= 11 is 1.42. The highest BCUT2D eigenvalue weighted by molar-refractivity contribution is 8.13. The average Bonchev–Trinajstić information content (AvgIpc) is 2.97. The van der Waals surface area contributed by atoms with Gasteiger partial charge in [0, 0.05) is 31.4 Å². The molecule has 0 aliphatic carbocycles. The van der Waals surface area contributed by atoms with Crippen LogP contribution in [-0.4, -0.2) is 37.6 Å². The van der Waals surface area contributed by atoms with E-state index in [1.54, 1.807) is 0 Å². The van der Waals surface area contributed by atoms with E-state index in [-0.39, 0.29) is 0 Å². The van der Waals surface area contributed by atoms with Gasteiger partial charge in [-0.05, 0) is 31.6 Å². The van der Waals surface area contributed by atoms with Gasteiger partial charge < -0.3 is 9.22 Å². The molecule has 0 aromatic rings. The van der Waals surface area contributed by atoms with Crippen molar-refractivity contribution in [3.8, 4) is 0 Å². The van der Waals surface area contributed by atoms with E-state index in [1.807, 2.05) is 0 Å². The van der Waals surface area contributed by atoms with E-state index in [1.165, 1.54) is 159 Å². The summed E-state index contributed by atoms with van der Waals surface area (Å²) in [5.74, 6) is 1.29. The number of hydroxylamine groups is 1. The largest absolute Gasteiger partial charge is 0.515 e. The summed E-state index contributed by atoms with van der Waals surface area (Å²) in [5, 5.41) is 0.291. The molecule has 250 valence electrons. The summed E-state index contributed by atoms with van der Waals surface area (Å²) in [4.78, 5) is 23.1. The molecule has 0 amide bonds. The average molecular weight is 630 g/mol. The molecule has 0 spiro atoms. The Morgan fingerprint density at radius 2 is 1.19 bits per heavy atom. The second-order valence-electron chi connectivity index (χ2n) is 13.0. The van der Waals surface area contributed by atoms with Gasteiger partial charge in [0.25, 0.3) is 0 Å². The molecule has 1 heterocycles. The maximum absolute atomic E-state index is 12.3. The molecule has 0 bridgehead atoms. The zero-order valence-corrected chi connectivity index (χ0v) is 29.9. The molecule has 1 rings (SSSR count). The van der Waals surface area contributed by atoms with Gasteiger partial charge in [-0.25, -0.2) is 5.48 Å². The molecule has 1 aliphatic heterocycles. The van der Waals surface area contributed by atoms with E-state index < -0.39 is 8.80 Å². The molecule has 0 radical (unpaired) electrons. The van der Waals surface area contributed by atoms with Crippen LogP contribution in [0.1, 0.15) is 187 Å². The molecule has 2 unspecified atom stereocenters. The highest BCUT2D eigenvalue weighted by atomic mass is 32.2. The molecule has 2 N–H and O–H groups in total. The van der Waals surface area contributed by atoms with Crippen LogP contribution in [0.3, 0.4) is 0 Å². The van der Waals surface area contributed by atoms with Crippen LogP contribution in [-0.2, 0) is 13.7 Å². The lowest BCUT2D eigenvalue weighted by Gasteiger charge is -2.29. The Balaban J connectivity index is 1.93. The lowest BCUT2D eigenvalue weighted by atomic mass is 9.97. The van der Waals surface area contributed by atoms with Crippen LogP contribution in [0.15, 0.2) is 0 Å². The van der Waals surface area contributed by atoms with Gasteiger partial charge >= 0.3 is 8.80 Å². The summed E-state index contributed by atoms with van der Waals surface area (Å²) in [5.41, 5.74) is 3.04. The van der Waals surface area contributed by atoms with E-state index in [4.69, 9.17) is 8.95 Å². The van der Waals surface area contributed by atoms with Crippen molar-refractivity contribution >= 4 is 25.7 Å². The number of hydrogen-bond donors (Lipinski definition) is 2. The molecule has 7 heteroatoms. The Hall–Kier alpha value is 0.0769. The number of thioether (sulfide) groups is 1. The van der Waals surface area contributed by atoms with Gasteiger partial charge in [-0.3, -0.25) is 9.32 Å². The molecule has 1 saturated heterocycles. The lowest BCUT2D eigenvalue weighted by Crippen LogP contribution is -2.49. The zero-order chi connectivity index (χ0) is 30.4. The topological polar surface area (TPSA) is 67.8 Å². The van der Waals surface area contributed by atoms with Crippen molar-refractivity contribution in [1.82, 2.24) is 5.48 Å². The smallest absolute Gasteiger partial charge is 0.389 e. The third-order valence-electron chi connectivity index (χ3n) is 8.81. The predicted molar refractivity (Wildman–Crippen MR) is 185 cm³/mol. The van der Waals surface area contributed by atoms with Crippen molar-refractivity contribution in [1.29, 1.82) is 0 Å². The summed E-state index contributed by atoms with van der Waals surface area (Å²) in [6.45, 7) is 5.93. The molecule has 0 aromatic carbocycles. The third-order valence-corrected chi connectivity index (χ3v) is 11.9. The Morgan fingerprint density at radius 3 is 1.71 bits per heavy atom. The molecular formula is C35H71NO4SSi. The van der Waals surface area contributed by atoms with Crippen molar-refractivity contribution in [2.24, 2.45) is 5.92 Å². The molecule has 0 saturated carbocycles. The van der Waals surface area contributed by atoms with Crippen molar-refractivity contribution in [3.63, 3.8) is 0 Å². The summed E-state index contributed by atoms with van der Waals surface area (Å²) in [6.07, 6.45) is 34.5. The first kappa shape index (κ1) is 40.1. The first-order chi connectivity index (χ1) is 20.6. The maximum Gasteiger partial charge on any atom is 0.515 e. The van der Waals surface area contributed by atoms with E-state index >= 15 is 0 Å². The summed E-state index contributed by atoms with van der Waals surface area (Å²) in [6, 6.07) is 0.516. The lowest BCUT2D eigenvalue weighted by molar-refractivity contribution is -0.111. The first-order valence-electron chi connectivity index (χ1n) is 18.5. The monoisotopic (exact) mass is 629 g/mol. The minimum Gasteiger partial charge on any atom is -0.389 e. The van der Waals surface area contributed by atoms with Gasteiger partial charge in [-0.2, -0.15) is 0 Å². The molecule has 42 heavy (non-hydrogen) atoms. The van der Waals surface area contributed by atoms with Gasteiger partial charge in [0.1, 0.15) is 0 Å². The van der Waals surface area contributed by atoms with Gasteiger partial charge in [0.2, 0.25) is 0 Å². The Kier molecular flexibility index (Phi) is 28.4. The molecule has 0 aromatic heterocycles. The standard InChI is InChI=1S/C35H71NO4SSi/c1-3-5-7-9-11-13-15-16-17-19-21-23-25-28-35(37)41-31-26-32-42(38)39-30-29-34(33-36-40-42)27-24-22-20-18-14-12-10-8-6-4-2/h34,36,38H,3-33H2,1-2H3. The summed E-state index contributed by atoms with van der Waals surface area (Å²) in [7, 11) is -3.18. The summed E-state index contributed by atoms with van der Waals surface area (Å²) < 4.78 is 11.6. The van der Waals surface area contributed by atoms with Crippen LogP contribution in [0.5, 0.6) is 0 Å². The molecule has 1 aliphatic rings. The zero-order valence-electron chi connectivity index (χ0n) is 28.1. The fraction of sp³-hybridized carbons (Fsp3) is 0.971. The molecule has 5 nitrogen and oxygen atoms in total. The minimum absolute atomic E-state index is 0.291.